The third-order valence-electron chi connectivity index (χ3n) is 3.81. The molecular formula is C14H19F3N2O2. The molecule has 2 heterocycles. The molecule has 1 aromatic heterocycles. The maximum Gasteiger partial charge on any atom is 0.408 e. The van der Waals surface area contributed by atoms with Gasteiger partial charge in [-0.25, -0.2) is 0 Å². The standard InChI is InChI=1S/C14H19F3N2O2/c1-3-10-8(2)6-11(21-10)13(20)19-7-9(18)4-5-12(19)14(15,16)17/h6,9,12H,3-5,7,18H2,1-2H3/t9-,12+/m0/s1. The SMILES string of the molecule is CCc1oc(C(=O)N2C[C@@H](N)CC[C@@H]2C(F)(F)F)cc1C. The van der Waals surface area contributed by atoms with Crippen molar-refractivity contribution in [2.75, 3.05) is 6.54 Å². The van der Waals surface area contributed by atoms with Gasteiger partial charge < -0.3 is 15.1 Å². The van der Waals surface area contributed by atoms with Crippen LogP contribution in [-0.2, 0) is 6.42 Å². The smallest absolute Gasteiger partial charge is 0.408 e. The van der Waals surface area contributed by atoms with Crippen LogP contribution in [0.5, 0.6) is 0 Å². The lowest BCUT2D eigenvalue weighted by atomic mass is 9.98. The molecule has 4 nitrogen and oxygen atoms in total. The number of aryl methyl sites for hydroxylation is 2. The zero-order valence-electron chi connectivity index (χ0n) is 12.0. The predicted molar refractivity (Wildman–Crippen MR) is 70.9 cm³/mol. The Morgan fingerprint density at radius 3 is 2.67 bits per heavy atom. The summed E-state index contributed by atoms with van der Waals surface area (Å²) in [6.07, 6.45) is -3.78. The van der Waals surface area contributed by atoms with Crippen molar-refractivity contribution in [3.8, 4) is 0 Å². The summed E-state index contributed by atoms with van der Waals surface area (Å²) >= 11 is 0. The minimum atomic E-state index is -4.45. The number of hydrogen-bond acceptors (Lipinski definition) is 3. The topological polar surface area (TPSA) is 59.5 Å². The Bertz CT molecular complexity index is 525. The largest absolute Gasteiger partial charge is 0.456 e. The molecule has 0 aliphatic carbocycles. The highest BCUT2D eigenvalue weighted by Gasteiger charge is 2.48. The molecule has 0 bridgehead atoms. The van der Waals surface area contributed by atoms with Gasteiger partial charge in [-0.05, 0) is 31.4 Å². The molecular weight excluding hydrogens is 285 g/mol. The summed E-state index contributed by atoms with van der Waals surface area (Å²) in [6.45, 7) is 3.52. The maximum absolute atomic E-state index is 13.1. The third kappa shape index (κ3) is 3.23. The number of piperidine rings is 1. The summed E-state index contributed by atoms with van der Waals surface area (Å²) in [5.74, 6) is -0.175. The van der Waals surface area contributed by atoms with Gasteiger partial charge >= 0.3 is 6.18 Å². The number of amides is 1. The molecule has 1 saturated heterocycles. The first kappa shape index (κ1) is 15.9. The van der Waals surface area contributed by atoms with Gasteiger partial charge in [0.05, 0.1) is 0 Å². The van der Waals surface area contributed by atoms with Crippen LogP contribution in [0.3, 0.4) is 0 Å². The number of nitrogens with zero attached hydrogens (tertiary/aromatic N) is 1. The fraction of sp³-hybridized carbons (Fsp3) is 0.643. The molecule has 21 heavy (non-hydrogen) atoms. The number of carbonyl (C=O) groups excluding carboxylic acids is 1. The van der Waals surface area contributed by atoms with Gasteiger partial charge in [-0.1, -0.05) is 6.92 Å². The van der Waals surface area contributed by atoms with Gasteiger partial charge in [0.1, 0.15) is 11.8 Å². The molecule has 2 atom stereocenters. The van der Waals surface area contributed by atoms with Gasteiger partial charge in [-0.3, -0.25) is 4.79 Å². The van der Waals surface area contributed by atoms with E-state index in [9.17, 15) is 18.0 Å². The molecule has 118 valence electrons. The maximum atomic E-state index is 13.1. The number of carbonyl (C=O) groups is 1. The Labute approximate surface area is 121 Å². The number of alkyl halides is 3. The zero-order valence-corrected chi connectivity index (χ0v) is 12.0. The Hall–Kier alpha value is -1.50. The van der Waals surface area contributed by atoms with E-state index in [0.717, 1.165) is 10.5 Å². The van der Waals surface area contributed by atoms with Crippen LogP contribution in [0.4, 0.5) is 13.2 Å². The van der Waals surface area contributed by atoms with Gasteiger partial charge in [-0.2, -0.15) is 13.2 Å². The lowest BCUT2D eigenvalue weighted by Crippen LogP contribution is -2.56. The Morgan fingerprint density at radius 1 is 1.48 bits per heavy atom. The van der Waals surface area contributed by atoms with Crippen LogP contribution in [0, 0.1) is 6.92 Å². The fourth-order valence-corrected chi connectivity index (χ4v) is 2.68. The Morgan fingerprint density at radius 2 is 2.14 bits per heavy atom. The quantitative estimate of drug-likeness (QED) is 0.913. The summed E-state index contributed by atoms with van der Waals surface area (Å²) in [6, 6.07) is -0.733. The van der Waals surface area contributed by atoms with E-state index in [2.05, 4.69) is 0 Å². The molecule has 1 amide bonds. The molecule has 2 rings (SSSR count). The van der Waals surface area contributed by atoms with E-state index in [1.807, 2.05) is 6.92 Å². The molecule has 2 N–H and O–H groups in total. The minimum Gasteiger partial charge on any atom is -0.456 e. The minimum absolute atomic E-state index is 0.0484. The van der Waals surface area contributed by atoms with E-state index >= 15 is 0 Å². The molecule has 1 fully saturated rings. The molecule has 0 saturated carbocycles. The number of halogens is 3. The lowest BCUT2D eigenvalue weighted by Gasteiger charge is -2.38. The van der Waals surface area contributed by atoms with Crippen molar-refractivity contribution in [3.05, 3.63) is 23.2 Å². The molecule has 0 unspecified atom stereocenters. The summed E-state index contributed by atoms with van der Waals surface area (Å²) in [5, 5.41) is 0. The van der Waals surface area contributed by atoms with Crippen molar-refractivity contribution in [3.63, 3.8) is 0 Å². The van der Waals surface area contributed by atoms with Gasteiger partial charge in [0, 0.05) is 19.0 Å². The number of rotatable bonds is 2. The summed E-state index contributed by atoms with van der Waals surface area (Å²) in [4.78, 5) is 13.2. The summed E-state index contributed by atoms with van der Waals surface area (Å²) < 4.78 is 44.6. The highest BCUT2D eigenvalue weighted by Crippen LogP contribution is 2.33. The second-order valence-electron chi connectivity index (χ2n) is 5.42. The van der Waals surface area contributed by atoms with Crippen LogP contribution in [0.1, 0.15) is 41.6 Å². The van der Waals surface area contributed by atoms with E-state index in [4.69, 9.17) is 10.2 Å². The monoisotopic (exact) mass is 304 g/mol. The molecule has 1 aliphatic heterocycles. The van der Waals surface area contributed by atoms with Crippen LogP contribution in [-0.4, -0.2) is 35.6 Å². The normalized spacial score (nSPS) is 23.4. The first-order chi connectivity index (χ1) is 9.74. The third-order valence-corrected chi connectivity index (χ3v) is 3.81. The molecule has 7 heteroatoms. The van der Waals surface area contributed by atoms with E-state index in [-0.39, 0.29) is 25.1 Å². The van der Waals surface area contributed by atoms with Gasteiger partial charge in [0.25, 0.3) is 5.91 Å². The first-order valence-electron chi connectivity index (χ1n) is 6.96. The molecule has 0 aromatic carbocycles. The van der Waals surface area contributed by atoms with Crippen molar-refractivity contribution < 1.29 is 22.4 Å². The van der Waals surface area contributed by atoms with E-state index in [1.54, 1.807) is 6.92 Å². The van der Waals surface area contributed by atoms with Crippen molar-refractivity contribution >= 4 is 5.91 Å². The average Bonchev–Trinajstić information content (AvgIpc) is 2.77. The highest BCUT2D eigenvalue weighted by atomic mass is 19.4. The van der Waals surface area contributed by atoms with Gasteiger partial charge in [-0.15, -0.1) is 0 Å². The summed E-state index contributed by atoms with van der Waals surface area (Å²) in [5.41, 5.74) is 6.49. The van der Waals surface area contributed by atoms with Crippen LogP contribution in [0.2, 0.25) is 0 Å². The van der Waals surface area contributed by atoms with E-state index in [0.29, 0.717) is 12.2 Å². The zero-order chi connectivity index (χ0) is 15.8. The Balaban J connectivity index is 2.28. The highest BCUT2D eigenvalue weighted by molar-refractivity contribution is 5.92. The molecule has 1 aliphatic rings. The van der Waals surface area contributed by atoms with Crippen LogP contribution >= 0.6 is 0 Å². The lowest BCUT2D eigenvalue weighted by molar-refractivity contribution is -0.184. The predicted octanol–water partition coefficient (Wildman–Crippen LogP) is 2.64. The molecule has 1 aromatic rings. The van der Waals surface area contributed by atoms with Gasteiger partial charge in [0.15, 0.2) is 5.76 Å². The summed E-state index contributed by atoms with van der Waals surface area (Å²) in [7, 11) is 0. The van der Waals surface area contributed by atoms with Crippen molar-refractivity contribution in [1.82, 2.24) is 4.90 Å². The van der Waals surface area contributed by atoms with Crippen molar-refractivity contribution in [1.29, 1.82) is 0 Å². The number of furan rings is 1. The number of nitrogens with two attached hydrogens (primary N) is 1. The van der Waals surface area contributed by atoms with E-state index < -0.39 is 24.2 Å². The second kappa shape index (κ2) is 5.71. The van der Waals surface area contributed by atoms with Crippen LogP contribution in [0.25, 0.3) is 0 Å². The van der Waals surface area contributed by atoms with Crippen molar-refractivity contribution in [2.24, 2.45) is 5.73 Å². The number of likely N-dealkylation sites (tertiary alicyclic amines) is 1. The first-order valence-corrected chi connectivity index (χ1v) is 6.96. The molecule has 0 spiro atoms. The van der Waals surface area contributed by atoms with E-state index in [1.165, 1.54) is 6.07 Å². The van der Waals surface area contributed by atoms with Crippen LogP contribution < -0.4 is 5.73 Å². The molecule has 0 radical (unpaired) electrons. The second-order valence-corrected chi connectivity index (χ2v) is 5.42. The average molecular weight is 304 g/mol. The van der Waals surface area contributed by atoms with Crippen LogP contribution in [0.15, 0.2) is 10.5 Å². The van der Waals surface area contributed by atoms with Crippen molar-refractivity contribution in [2.45, 2.75) is 51.4 Å². The Kier molecular flexibility index (Phi) is 4.32. The fourth-order valence-electron chi connectivity index (χ4n) is 2.68. The number of hydrogen-bond donors (Lipinski definition) is 1. The van der Waals surface area contributed by atoms with Gasteiger partial charge in [0.2, 0.25) is 0 Å².